The fourth-order valence-electron chi connectivity index (χ4n) is 0.411. The van der Waals surface area contributed by atoms with Crippen LogP contribution in [0.25, 0.3) is 0 Å². The van der Waals surface area contributed by atoms with Crippen molar-refractivity contribution in [2.75, 3.05) is 19.0 Å². The molecular weight excluding hydrogens is 168 g/mol. The van der Waals surface area contributed by atoms with E-state index in [2.05, 4.69) is 6.58 Å². The Labute approximate surface area is 66.6 Å². The van der Waals surface area contributed by atoms with E-state index in [0.717, 1.165) is 5.57 Å². The normalized spacial score (nSPS) is 11.5. The van der Waals surface area contributed by atoms with Crippen LogP contribution in [0.15, 0.2) is 12.2 Å². The van der Waals surface area contributed by atoms with Gasteiger partial charge in [0.2, 0.25) is 0 Å². The maximum Gasteiger partial charge on any atom is 0.267 e. The smallest absolute Gasteiger partial charge is 0.267 e. The molecule has 0 aromatic carbocycles. The molecule has 0 aliphatic heterocycles. The zero-order chi connectivity index (χ0) is 8.91. The van der Waals surface area contributed by atoms with E-state index in [1.165, 1.54) is 0 Å². The Morgan fingerprint density at radius 3 is 2.55 bits per heavy atom. The van der Waals surface area contributed by atoms with E-state index in [4.69, 9.17) is 9.29 Å². The highest BCUT2D eigenvalue weighted by atomic mass is 32.2. The monoisotopic (exact) mass is 180 g/mol. The molecule has 0 radical (unpaired) electrons. The molecule has 0 saturated carbocycles. The van der Waals surface area contributed by atoms with Crippen LogP contribution >= 0.6 is 0 Å². The molecule has 0 fully saturated rings. The molecule has 66 valence electrons. The van der Waals surface area contributed by atoms with E-state index >= 15 is 0 Å². The summed E-state index contributed by atoms with van der Waals surface area (Å²) < 4.78 is 33.3. The van der Waals surface area contributed by atoms with Gasteiger partial charge in [-0.15, -0.1) is 0 Å². The summed E-state index contributed by atoms with van der Waals surface area (Å²) in [6, 6.07) is 0. The lowest BCUT2D eigenvalue weighted by Gasteiger charge is -2.00. The molecule has 0 saturated heterocycles. The van der Waals surface area contributed by atoms with Crippen molar-refractivity contribution in [1.82, 2.24) is 0 Å². The molecule has 0 aromatic rings. The number of ether oxygens (including phenoxy) is 1. The summed E-state index contributed by atoms with van der Waals surface area (Å²) in [7, 11) is -3.88. The van der Waals surface area contributed by atoms with E-state index in [0.29, 0.717) is 6.61 Å². The molecule has 1 N–H and O–H groups in total. The molecule has 4 nitrogen and oxygen atoms in total. The van der Waals surface area contributed by atoms with Gasteiger partial charge in [-0.2, -0.15) is 8.42 Å². The summed E-state index contributed by atoms with van der Waals surface area (Å²) in [5, 5.41) is 0. The Morgan fingerprint density at radius 1 is 1.64 bits per heavy atom. The van der Waals surface area contributed by atoms with Crippen molar-refractivity contribution in [2.24, 2.45) is 0 Å². The van der Waals surface area contributed by atoms with Gasteiger partial charge in [-0.05, 0) is 6.92 Å². The van der Waals surface area contributed by atoms with Crippen LogP contribution in [0.4, 0.5) is 0 Å². The fraction of sp³-hybridized carbons (Fsp3) is 0.667. The standard InChI is InChI=1S/C6H12O4S/c1-6(2)5-10-3-4-11(7,8)9/h1,3-5H2,2H3,(H,7,8,9). The molecule has 0 aliphatic carbocycles. The highest BCUT2D eigenvalue weighted by molar-refractivity contribution is 7.85. The van der Waals surface area contributed by atoms with Crippen molar-refractivity contribution in [1.29, 1.82) is 0 Å². The van der Waals surface area contributed by atoms with Crippen molar-refractivity contribution < 1.29 is 17.7 Å². The van der Waals surface area contributed by atoms with Crippen LogP contribution in [0.3, 0.4) is 0 Å². The number of hydrogen-bond acceptors (Lipinski definition) is 3. The Hall–Kier alpha value is -0.390. The molecule has 0 heterocycles. The second kappa shape index (κ2) is 4.48. The summed E-state index contributed by atoms with van der Waals surface area (Å²) in [5.41, 5.74) is 0.820. The van der Waals surface area contributed by atoms with Crippen LogP contribution < -0.4 is 0 Å². The number of rotatable bonds is 5. The molecule has 5 heteroatoms. The first-order chi connectivity index (χ1) is 4.92. The van der Waals surface area contributed by atoms with Crippen LogP contribution in [-0.4, -0.2) is 31.9 Å². The molecular formula is C6H12O4S. The van der Waals surface area contributed by atoms with Gasteiger partial charge in [0.15, 0.2) is 0 Å². The fourth-order valence-corrected chi connectivity index (χ4v) is 0.739. The van der Waals surface area contributed by atoms with Crippen molar-refractivity contribution >= 4 is 10.1 Å². The predicted molar refractivity (Wildman–Crippen MR) is 42.0 cm³/mol. The lowest BCUT2D eigenvalue weighted by atomic mass is 10.4. The zero-order valence-corrected chi connectivity index (χ0v) is 7.23. The van der Waals surface area contributed by atoms with Gasteiger partial charge in [0.1, 0.15) is 0 Å². The summed E-state index contributed by atoms with van der Waals surface area (Å²) in [4.78, 5) is 0. The van der Waals surface area contributed by atoms with Crippen LogP contribution in [0.2, 0.25) is 0 Å². The molecule has 0 atom stereocenters. The average molecular weight is 180 g/mol. The first-order valence-corrected chi connectivity index (χ1v) is 4.70. The highest BCUT2D eigenvalue weighted by Crippen LogP contribution is 1.89. The van der Waals surface area contributed by atoms with E-state index in [-0.39, 0.29) is 12.4 Å². The highest BCUT2D eigenvalue weighted by Gasteiger charge is 2.02. The third kappa shape index (κ3) is 9.61. The Morgan fingerprint density at radius 2 is 2.18 bits per heavy atom. The van der Waals surface area contributed by atoms with Crippen molar-refractivity contribution in [3.8, 4) is 0 Å². The summed E-state index contributed by atoms with van der Waals surface area (Å²) in [6.45, 7) is 5.66. The third-order valence-electron chi connectivity index (χ3n) is 0.834. The molecule has 0 aromatic heterocycles. The molecule has 0 rings (SSSR count). The Balaban J connectivity index is 3.37. The molecule has 0 amide bonds. The van der Waals surface area contributed by atoms with Gasteiger partial charge >= 0.3 is 0 Å². The van der Waals surface area contributed by atoms with Crippen LogP contribution in [-0.2, 0) is 14.9 Å². The Bertz CT molecular complexity index is 217. The van der Waals surface area contributed by atoms with Gasteiger partial charge < -0.3 is 4.74 Å². The summed E-state index contributed by atoms with van der Waals surface area (Å²) in [5.74, 6) is -0.361. The second-order valence-electron chi connectivity index (χ2n) is 2.30. The summed E-state index contributed by atoms with van der Waals surface area (Å²) >= 11 is 0. The second-order valence-corrected chi connectivity index (χ2v) is 3.87. The van der Waals surface area contributed by atoms with Crippen LogP contribution in [0.5, 0.6) is 0 Å². The third-order valence-corrected chi connectivity index (χ3v) is 1.52. The largest absolute Gasteiger partial charge is 0.376 e. The van der Waals surface area contributed by atoms with E-state index in [1.54, 1.807) is 6.92 Å². The molecule has 0 unspecified atom stereocenters. The Kier molecular flexibility index (Phi) is 4.32. The number of hydrogen-bond donors (Lipinski definition) is 1. The molecule has 11 heavy (non-hydrogen) atoms. The van der Waals surface area contributed by atoms with Crippen LogP contribution in [0, 0.1) is 0 Å². The molecule has 0 spiro atoms. The van der Waals surface area contributed by atoms with Crippen molar-refractivity contribution in [2.45, 2.75) is 6.92 Å². The lowest BCUT2D eigenvalue weighted by molar-refractivity contribution is 0.171. The molecule has 0 bridgehead atoms. The molecule has 0 aliphatic rings. The van der Waals surface area contributed by atoms with E-state index < -0.39 is 10.1 Å². The van der Waals surface area contributed by atoms with Crippen LogP contribution in [0.1, 0.15) is 6.92 Å². The van der Waals surface area contributed by atoms with Crippen molar-refractivity contribution in [3.05, 3.63) is 12.2 Å². The van der Waals surface area contributed by atoms with E-state index in [1.807, 2.05) is 0 Å². The van der Waals surface area contributed by atoms with Gasteiger partial charge in [-0.3, -0.25) is 4.55 Å². The predicted octanol–water partition coefficient (Wildman–Crippen LogP) is 0.467. The van der Waals surface area contributed by atoms with Gasteiger partial charge in [0.25, 0.3) is 10.1 Å². The topological polar surface area (TPSA) is 63.6 Å². The maximum atomic E-state index is 10.1. The van der Waals surface area contributed by atoms with Gasteiger partial charge in [-0.1, -0.05) is 12.2 Å². The maximum absolute atomic E-state index is 10.1. The van der Waals surface area contributed by atoms with Gasteiger partial charge in [0, 0.05) is 0 Å². The SMILES string of the molecule is C=C(C)COCCS(=O)(=O)O. The minimum atomic E-state index is -3.88. The average Bonchev–Trinajstić information content (AvgIpc) is 1.78. The summed E-state index contributed by atoms with van der Waals surface area (Å²) in [6.07, 6.45) is 0. The van der Waals surface area contributed by atoms with Crippen molar-refractivity contribution in [3.63, 3.8) is 0 Å². The van der Waals surface area contributed by atoms with E-state index in [9.17, 15) is 8.42 Å². The quantitative estimate of drug-likeness (QED) is 0.379. The first-order valence-electron chi connectivity index (χ1n) is 3.09. The lowest BCUT2D eigenvalue weighted by Crippen LogP contribution is -2.11. The van der Waals surface area contributed by atoms with Gasteiger partial charge in [-0.25, -0.2) is 0 Å². The van der Waals surface area contributed by atoms with Gasteiger partial charge in [0.05, 0.1) is 19.0 Å². The minimum Gasteiger partial charge on any atom is -0.376 e. The minimum absolute atomic E-state index is 0.00565. The zero-order valence-electron chi connectivity index (χ0n) is 6.41. The first kappa shape index (κ1) is 10.6.